The molecule has 3 rings (SSSR count). The number of aromatic nitrogens is 5. The molecule has 0 aromatic carbocycles. The minimum atomic E-state index is -0.481. The maximum Gasteiger partial charge on any atom is 0.280 e. The number of rotatable bonds is 8. The highest BCUT2D eigenvalue weighted by Gasteiger charge is 2.21. The van der Waals surface area contributed by atoms with Crippen molar-refractivity contribution >= 4 is 17.2 Å². The zero-order chi connectivity index (χ0) is 19.9. The Morgan fingerprint density at radius 3 is 2.86 bits per heavy atom. The minimum absolute atomic E-state index is 0.245. The van der Waals surface area contributed by atoms with Crippen LogP contribution in [0, 0.1) is 6.92 Å². The second-order valence-electron chi connectivity index (χ2n) is 5.74. The standard InChI is InChI=1S/C18H20N6O3S/c1-4-27-15-9-19-7-12(23-15)14-8-21-18(28-14)17(25)24-13(10-26-3)16-20-6-5-11(2)22-16/h5-9,13H,4,10H2,1-3H3,(H,24,25)/t13-/m1/s1. The third-order valence-electron chi connectivity index (χ3n) is 3.62. The Hall–Kier alpha value is -2.98. The van der Waals surface area contributed by atoms with E-state index < -0.39 is 6.04 Å². The monoisotopic (exact) mass is 400 g/mol. The number of ether oxygens (including phenoxy) is 2. The van der Waals surface area contributed by atoms with Crippen LogP contribution in [0.5, 0.6) is 5.88 Å². The Morgan fingerprint density at radius 2 is 2.11 bits per heavy atom. The second-order valence-corrected chi connectivity index (χ2v) is 6.77. The summed E-state index contributed by atoms with van der Waals surface area (Å²) in [5.74, 6) is 0.579. The van der Waals surface area contributed by atoms with Crippen LogP contribution >= 0.6 is 11.3 Å². The molecule has 0 saturated carbocycles. The number of nitrogens with one attached hydrogen (secondary N) is 1. The van der Waals surface area contributed by atoms with Crippen molar-refractivity contribution in [1.29, 1.82) is 0 Å². The molecular weight excluding hydrogens is 380 g/mol. The van der Waals surface area contributed by atoms with E-state index in [4.69, 9.17) is 9.47 Å². The molecule has 1 atom stereocenters. The average Bonchev–Trinajstić information content (AvgIpc) is 3.18. The van der Waals surface area contributed by atoms with Gasteiger partial charge in [-0.25, -0.2) is 19.9 Å². The summed E-state index contributed by atoms with van der Waals surface area (Å²) in [5, 5.41) is 3.17. The lowest BCUT2D eigenvalue weighted by Gasteiger charge is -2.16. The highest BCUT2D eigenvalue weighted by atomic mass is 32.1. The van der Waals surface area contributed by atoms with Crippen molar-refractivity contribution in [3.05, 3.63) is 47.4 Å². The molecule has 0 aliphatic heterocycles. The highest BCUT2D eigenvalue weighted by molar-refractivity contribution is 7.16. The smallest absolute Gasteiger partial charge is 0.280 e. The Balaban J connectivity index is 1.76. The molecule has 0 aliphatic rings. The van der Waals surface area contributed by atoms with Crippen LogP contribution < -0.4 is 10.1 Å². The van der Waals surface area contributed by atoms with Gasteiger partial charge in [0.15, 0.2) is 10.8 Å². The summed E-state index contributed by atoms with van der Waals surface area (Å²) in [7, 11) is 1.56. The molecule has 28 heavy (non-hydrogen) atoms. The number of thiazole rings is 1. The Morgan fingerprint density at radius 1 is 1.25 bits per heavy atom. The van der Waals surface area contributed by atoms with Crippen LogP contribution in [0.2, 0.25) is 0 Å². The number of carbonyl (C=O) groups excluding carboxylic acids is 1. The predicted molar refractivity (Wildman–Crippen MR) is 103 cm³/mol. The SMILES string of the molecule is CCOc1cncc(-c2cnc(C(=O)N[C@H](COC)c3nccc(C)n3)s2)n1. The molecule has 0 bridgehead atoms. The summed E-state index contributed by atoms with van der Waals surface area (Å²) in [6, 6.07) is 1.31. The Bertz CT molecular complexity index is 948. The van der Waals surface area contributed by atoms with Crippen LogP contribution in [0.1, 0.15) is 34.3 Å². The number of hydrogen-bond donors (Lipinski definition) is 1. The molecule has 1 N–H and O–H groups in total. The maximum atomic E-state index is 12.7. The molecular formula is C18H20N6O3S. The predicted octanol–water partition coefficient (Wildman–Crippen LogP) is 2.21. The summed E-state index contributed by atoms with van der Waals surface area (Å²) >= 11 is 1.22. The quantitative estimate of drug-likeness (QED) is 0.612. The van der Waals surface area contributed by atoms with Crippen LogP contribution in [-0.2, 0) is 4.74 Å². The van der Waals surface area contributed by atoms with Gasteiger partial charge in [0.1, 0.15) is 11.7 Å². The average molecular weight is 400 g/mol. The van der Waals surface area contributed by atoms with E-state index in [-0.39, 0.29) is 12.5 Å². The van der Waals surface area contributed by atoms with Crippen LogP contribution in [0.4, 0.5) is 0 Å². The molecule has 3 aromatic heterocycles. The van der Waals surface area contributed by atoms with Gasteiger partial charge in [-0.05, 0) is 19.9 Å². The lowest BCUT2D eigenvalue weighted by Crippen LogP contribution is -2.32. The van der Waals surface area contributed by atoms with Gasteiger partial charge in [0.05, 0.1) is 30.5 Å². The van der Waals surface area contributed by atoms with E-state index in [9.17, 15) is 4.79 Å². The van der Waals surface area contributed by atoms with Gasteiger partial charge in [-0.2, -0.15) is 0 Å². The molecule has 3 heterocycles. The first-order valence-electron chi connectivity index (χ1n) is 8.61. The zero-order valence-corrected chi connectivity index (χ0v) is 16.6. The van der Waals surface area contributed by atoms with Gasteiger partial charge in [0.25, 0.3) is 5.91 Å². The van der Waals surface area contributed by atoms with Crippen LogP contribution in [-0.4, -0.2) is 51.2 Å². The Labute approximate surface area is 166 Å². The number of carbonyl (C=O) groups is 1. The van der Waals surface area contributed by atoms with Gasteiger partial charge < -0.3 is 14.8 Å². The minimum Gasteiger partial charge on any atom is -0.477 e. The number of aryl methyl sites for hydroxylation is 1. The van der Waals surface area contributed by atoms with E-state index in [2.05, 4.69) is 30.2 Å². The number of amides is 1. The summed E-state index contributed by atoms with van der Waals surface area (Å²) in [6.45, 7) is 4.48. The molecule has 10 heteroatoms. The van der Waals surface area contributed by atoms with Crippen molar-refractivity contribution in [2.24, 2.45) is 0 Å². The molecule has 9 nitrogen and oxygen atoms in total. The first-order chi connectivity index (χ1) is 13.6. The van der Waals surface area contributed by atoms with Crippen LogP contribution in [0.15, 0.2) is 30.9 Å². The highest BCUT2D eigenvalue weighted by Crippen LogP contribution is 2.25. The maximum absolute atomic E-state index is 12.7. The number of hydrogen-bond acceptors (Lipinski definition) is 9. The normalized spacial score (nSPS) is 11.8. The zero-order valence-electron chi connectivity index (χ0n) is 15.7. The third kappa shape index (κ3) is 4.84. The van der Waals surface area contributed by atoms with Crippen molar-refractivity contribution in [2.75, 3.05) is 20.3 Å². The van der Waals surface area contributed by atoms with Gasteiger partial charge in [0.2, 0.25) is 5.88 Å². The van der Waals surface area contributed by atoms with Crippen molar-refractivity contribution in [3.63, 3.8) is 0 Å². The molecule has 0 unspecified atom stereocenters. The molecule has 0 spiro atoms. The van der Waals surface area contributed by atoms with E-state index in [1.54, 1.807) is 38.0 Å². The summed E-state index contributed by atoms with van der Waals surface area (Å²) < 4.78 is 10.6. The fourth-order valence-corrected chi connectivity index (χ4v) is 3.16. The van der Waals surface area contributed by atoms with Crippen molar-refractivity contribution in [2.45, 2.75) is 19.9 Å². The molecule has 146 valence electrons. The molecule has 1 amide bonds. The first-order valence-corrected chi connectivity index (χ1v) is 9.42. The molecule has 0 fully saturated rings. The largest absolute Gasteiger partial charge is 0.477 e. The van der Waals surface area contributed by atoms with Crippen LogP contribution in [0.25, 0.3) is 10.6 Å². The van der Waals surface area contributed by atoms with Crippen molar-refractivity contribution in [3.8, 4) is 16.5 Å². The van der Waals surface area contributed by atoms with Gasteiger partial charge in [0, 0.05) is 25.2 Å². The second kappa shape index (κ2) is 9.29. The van der Waals surface area contributed by atoms with E-state index in [0.29, 0.717) is 33.9 Å². The van der Waals surface area contributed by atoms with Crippen molar-refractivity contribution in [1.82, 2.24) is 30.2 Å². The molecule has 0 saturated heterocycles. The van der Waals surface area contributed by atoms with Crippen molar-refractivity contribution < 1.29 is 14.3 Å². The molecule has 0 radical (unpaired) electrons. The fraction of sp³-hybridized carbons (Fsp3) is 0.333. The van der Waals surface area contributed by atoms with E-state index >= 15 is 0 Å². The van der Waals surface area contributed by atoms with Crippen LogP contribution in [0.3, 0.4) is 0 Å². The number of nitrogens with zero attached hydrogens (tertiary/aromatic N) is 5. The van der Waals surface area contributed by atoms with E-state index in [0.717, 1.165) is 5.69 Å². The summed E-state index contributed by atoms with van der Waals surface area (Å²) in [5.41, 5.74) is 1.41. The van der Waals surface area contributed by atoms with E-state index in [1.807, 2.05) is 13.8 Å². The lowest BCUT2D eigenvalue weighted by atomic mass is 10.2. The summed E-state index contributed by atoms with van der Waals surface area (Å²) in [4.78, 5) is 34.7. The van der Waals surface area contributed by atoms with Gasteiger partial charge in [-0.3, -0.25) is 9.78 Å². The number of methoxy groups -OCH3 is 1. The topological polar surface area (TPSA) is 112 Å². The van der Waals surface area contributed by atoms with Gasteiger partial charge >= 0.3 is 0 Å². The van der Waals surface area contributed by atoms with Gasteiger partial charge in [-0.15, -0.1) is 11.3 Å². The summed E-state index contributed by atoms with van der Waals surface area (Å²) in [6.07, 6.45) is 6.39. The van der Waals surface area contributed by atoms with E-state index in [1.165, 1.54) is 11.3 Å². The third-order valence-corrected chi connectivity index (χ3v) is 4.64. The Kier molecular flexibility index (Phi) is 6.56. The molecule has 0 aliphatic carbocycles. The fourth-order valence-electron chi connectivity index (χ4n) is 2.39. The molecule has 3 aromatic rings. The van der Waals surface area contributed by atoms with Gasteiger partial charge in [-0.1, -0.05) is 0 Å². The first kappa shape index (κ1) is 19.8. The lowest BCUT2D eigenvalue weighted by molar-refractivity contribution is 0.0891.